The molecule has 188 valence electrons. The summed E-state index contributed by atoms with van der Waals surface area (Å²) < 4.78 is 5.87. The molecule has 0 radical (unpaired) electrons. The Morgan fingerprint density at radius 2 is 1.57 bits per heavy atom. The number of nitrogens with two attached hydrogens (primary N) is 1. The van der Waals surface area contributed by atoms with Gasteiger partial charge in [0.2, 0.25) is 5.91 Å². The summed E-state index contributed by atoms with van der Waals surface area (Å²) >= 11 is 0. The molecule has 4 N–H and O–H groups in total. The third-order valence-electron chi connectivity index (χ3n) is 6.38. The standard InChI is InChI=1S/C25H32N4O2.C2H6.C2H2/c1-29-23(19-11-14-27-15-12-19)13-16-28-25(29)22(24(26)30)17-18-7-9-21(10-8-18)31-20-5-3-2-4-6-20;2*1-2/h2-10,19,23,27-28H,11-17H2,1H3,(H2,26,30);1-2H3;1-2H/b25-22+;;/t23-;;/m0../s1. The van der Waals surface area contributed by atoms with Gasteiger partial charge in [0.15, 0.2) is 0 Å². The largest absolute Gasteiger partial charge is 0.457 e. The zero-order valence-corrected chi connectivity index (χ0v) is 21.3. The number of carbonyl (C=O) groups is 1. The maximum Gasteiger partial charge on any atom is 0.248 e. The van der Waals surface area contributed by atoms with Crippen molar-refractivity contribution < 1.29 is 9.53 Å². The molecule has 0 saturated carbocycles. The Balaban J connectivity index is 0.00000103. The number of nitrogens with one attached hydrogen (secondary N) is 2. The molecule has 2 aromatic carbocycles. The fraction of sp³-hybridized carbons (Fsp3) is 0.414. The van der Waals surface area contributed by atoms with Crippen LogP contribution in [0.4, 0.5) is 0 Å². The molecule has 0 spiro atoms. The van der Waals surface area contributed by atoms with Crippen LogP contribution in [0.1, 0.15) is 38.7 Å². The second-order valence-electron chi connectivity index (χ2n) is 8.41. The number of rotatable bonds is 6. The molecule has 2 aliphatic heterocycles. The highest BCUT2D eigenvalue weighted by Crippen LogP contribution is 2.29. The monoisotopic (exact) mass is 476 g/mol. The van der Waals surface area contributed by atoms with E-state index in [2.05, 4.69) is 35.4 Å². The summed E-state index contributed by atoms with van der Waals surface area (Å²) in [6.45, 7) is 7.01. The molecule has 2 heterocycles. The average molecular weight is 477 g/mol. The van der Waals surface area contributed by atoms with Crippen LogP contribution in [0, 0.1) is 18.8 Å². The lowest BCUT2D eigenvalue weighted by molar-refractivity contribution is -0.114. The minimum atomic E-state index is -0.370. The van der Waals surface area contributed by atoms with Gasteiger partial charge in [0.05, 0.1) is 5.57 Å². The Labute approximate surface area is 210 Å². The first kappa shape index (κ1) is 27.8. The molecule has 0 aromatic heterocycles. The first-order valence-corrected chi connectivity index (χ1v) is 12.5. The Hall–Kier alpha value is -3.43. The molecule has 2 saturated heterocycles. The SMILES string of the molecule is C#C.CC.CN1/C(=C(\Cc2ccc(Oc3ccccc3)cc2)C(N)=O)NCC[C@H]1C1CCNCC1. The first-order chi connectivity index (χ1) is 17.1. The van der Waals surface area contributed by atoms with E-state index < -0.39 is 0 Å². The van der Waals surface area contributed by atoms with Crippen LogP contribution in [0.3, 0.4) is 0 Å². The molecular formula is C29H40N4O2. The summed E-state index contributed by atoms with van der Waals surface area (Å²) in [5.74, 6) is 2.72. The molecule has 0 aliphatic carbocycles. The van der Waals surface area contributed by atoms with Crippen molar-refractivity contribution in [1.82, 2.24) is 15.5 Å². The van der Waals surface area contributed by atoms with Crippen LogP contribution in [0.15, 0.2) is 66.0 Å². The molecule has 6 heteroatoms. The average Bonchev–Trinajstić information content (AvgIpc) is 2.92. The van der Waals surface area contributed by atoms with E-state index in [9.17, 15) is 4.79 Å². The van der Waals surface area contributed by atoms with Gasteiger partial charge >= 0.3 is 0 Å². The van der Waals surface area contributed by atoms with Crippen molar-refractivity contribution in [2.24, 2.45) is 11.7 Å². The van der Waals surface area contributed by atoms with Gasteiger partial charge in [-0.25, -0.2) is 0 Å². The van der Waals surface area contributed by atoms with Gasteiger partial charge in [-0.05, 0) is 68.1 Å². The van der Waals surface area contributed by atoms with Crippen molar-refractivity contribution in [3.05, 3.63) is 71.6 Å². The molecule has 2 aromatic rings. The normalized spacial score (nSPS) is 19.1. The number of terminal acetylenes is 1. The molecule has 0 bridgehead atoms. The second kappa shape index (κ2) is 14.7. The van der Waals surface area contributed by atoms with Crippen LogP contribution in [0.25, 0.3) is 0 Å². The van der Waals surface area contributed by atoms with E-state index in [0.29, 0.717) is 24.0 Å². The number of nitrogens with zero attached hydrogens (tertiary/aromatic N) is 1. The van der Waals surface area contributed by atoms with Gasteiger partial charge in [0.1, 0.15) is 17.3 Å². The van der Waals surface area contributed by atoms with Crippen LogP contribution < -0.4 is 21.1 Å². The molecule has 2 aliphatic rings. The smallest absolute Gasteiger partial charge is 0.248 e. The molecule has 35 heavy (non-hydrogen) atoms. The van der Waals surface area contributed by atoms with E-state index in [-0.39, 0.29) is 5.91 Å². The third kappa shape index (κ3) is 7.80. The Bertz CT molecular complexity index is 948. The minimum absolute atomic E-state index is 0.370. The van der Waals surface area contributed by atoms with Crippen LogP contribution in [0.5, 0.6) is 11.5 Å². The Morgan fingerprint density at radius 3 is 2.17 bits per heavy atom. The van der Waals surface area contributed by atoms with Crippen molar-refractivity contribution in [1.29, 1.82) is 0 Å². The molecular weight excluding hydrogens is 436 g/mol. The molecule has 0 unspecified atom stereocenters. The first-order valence-electron chi connectivity index (χ1n) is 12.5. The zero-order chi connectivity index (χ0) is 25.6. The minimum Gasteiger partial charge on any atom is -0.457 e. The lowest BCUT2D eigenvalue weighted by Gasteiger charge is -2.43. The van der Waals surface area contributed by atoms with Crippen molar-refractivity contribution in [3.8, 4) is 24.3 Å². The number of para-hydroxylation sites is 1. The highest BCUT2D eigenvalue weighted by Gasteiger charge is 2.32. The van der Waals surface area contributed by atoms with Crippen LogP contribution >= 0.6 is 0 Å². The molecule has 1 amide bonds. The highest BCUT2D eigenvalue weighted by atomic mass is 16.5. The molecule has 4 rings (SSSR count). The number of ether oxygens (including phenoxy) is 1. The predicted octanol–water partition coefficient (Wildman–Crippen LogP) is 4.29. The summed E-state index contributed by atoms with van der Waals surface area (Å²) in [7, 11) is 2.09. The van der Waals surface area contributed by atoms with Gasteiger partial charge in [0.25, 0.3) is 0 Å². The molecule has 1 atom stereocenters. The zero-order valence-electron chi connectivity index (χ0n) is 21.3. The van der Waals surface area contributed by atoms with E-state index in [1.54, 1.807) is 0 Å². The lowest BCUT2D eigenvalue weighted by atomic mass is 9.86. The maximum atomic E-state index is 12.4. The quantitative estimate of drug-likeness (QED) is 0.428. The van der Waals surface area contributed by atoms with Crippen LogP contribution in [-0.2, 0) is 11.2 Å². The summed E-state index contributed by atoms with van der Waals surface area (Å²) in [6.07, 6.45) is 11.9. The van der Waals surface area contributed by atoms with E-state index in [1.807, 2.05) is 68.4 Å². The lowest BCUT2D eigenvalue weighted by Crippen LogP contribution is -2.51. The predicted molar refractivity (Wildman–Crippen MR) is 144 cm³/mol. The van der Waals surface area contributed by atoms with Crippen molar-refractivity contribution in [2.75, 3.05) is 26.7 Å². The van der Waals surface area contributed by atoms with Gasteiger partial charge < -0.3 is 26.0 Å². The van der Waals surface area contributed by atoms with E-state index >= 15 is 0 Å². The number of carbonyl (C=O) groups excluding carboxylic acids is 1. The number of amides is 1. The van der Waals surface area contributed by atoms with Crippen molar-refractivity contribution in [3.63, 3.8) is 0 Å². The van der Waals surface area contributed by atoms with Gasteiger partial charge in [-0.15, -0.1) is 12.8 Å². The van der Waals surface area contributed by atoms with E-state index in [1.165, 1.54) is 12.8 Å². The van der Waals surface area contributed by atoms with Crippen molar-refractivity contribution in [2.45, 2.75) is 45.6 Å². The maximum absolute atomic E-state index is 12.4. The Kier molecular flexibility index (Phi) is 11.7. The van der Waals surface area contributed by atoms with Gasteiger partial charge in [-0.1, -0.05) is 44.2 Å². The van der Waals surface area contributed by atoms with Crippen molar-refractivity contribution >= 4 is 5.91 Å². The summed E-state index contributed by atoms with van der Waals surface area (Å²) in [5.41, 5.74) is 7.50. The van der Waals surface area contributed by atoms with Gasteiger partial charge in [-0.3, -0.25) is 4.79 Å². The molecule has 2 fully saturated rings. The number of piperidine rings is 1. The summed E-state index contributed by atoms with van der Waals surface area (Å²) in [5, 5.41) is 6.89. The van der Waals surface area contributed by atoms with Gasteiger partial charge in [-0.2, -0.15) is 0 Å². The number of hydrogen-bond donors (Lipinski definition) is 3. The fourth-order valence-electron chi connectivity index (χ4n) is 4.71. The fourth-order valence-corrected chi connectivity index (χ4v) is 4.71. The van der Waals surface area contributed by atoms with Gasteiger partial charge in [0, 0.05) is 26.1 Å². The van der Waals surface area contributed by atoms with E-state index in [0.717, 1.165) is 48.9 Å². The topological polar surface area (TPSA) is 79.6 Å². The number of benzene rings is 2. The summed E-state index contributed by atoms with van der Waals surface area (Å²) in [6, 6.07) is 18.0. The molecule has 6 nitrogen and oxygen atoms in total. The highest BCUT2D eigenvalue weighted by molar-refractivity contribution is 5.93. The summed E-state index contributed by atoms with van der Waals surface area (Å²) in [4.78, 5) is 14.7. The van der Waals surface area contributed by atoms with Crippen LogP contribution in [0.2, 0.25) is 0 Å². The number of primary amides is 1. The number of hydrogen-bond acceptors (Lipinski definition) is 5. The van der Waals surface area contributed by atoms with Crippen LogP contribution in [-0.4, -0.2) is 43.5 Å². The Morgan fingerprint density at radius 1 is 0.971 bits per heavy atom. The third-order valence-corrected chi connectivity index (χ3v) is 6.38. The second-order valence-corrected chi connectivity index (χ2v) is 8.41. The van der Waals surface area contributed by atoms with E-state index in [4.69, 9.17) is 10.5 Å².